The van der Waals surface area contributed by atoms with E-state index >= 15 is 0 Å². The van der Waals surface area contributed by atoms with E-state index in [1.807, 2.05) is 24.3 Å². The molecule has 4 heterocycles. The second kappa shape index (κ2) is 6.84. The van der Waals surface area contributed by atoms with Crippen molar-refractivity contribution in [2.45, 2.75) is 19.8 Å². The minimum atomic E-state index is -0.401. The van der Waals surface area contributed by atoms with Gasteiger partial charge in [-0.15, -0.1) is 5.10 Å². The van der Waals surface area contributed by atoms with E-state index in [4.69, 9.17) is 13.9 Å². The van der Waals surface area contributed by atoms with E-state index in [0.717, 1.165) is 11.3 Å². The largest absolute Gasteiger partial charge is 0.497 e. The van der Waals surface area contributed by atoms with Gasteiger partial charge in [0.15, 0.2) is 17.2 Å². The third kappa shape index (κ3) is 2.76. The van der Waals surface area contributed by atoms with Crippen LogP contribution in [0.2, 0.25) is 0 Å². The molecule has 0 spiro atoms. The molecule has 0 unspecified atom stereocenters. The smallest absolute Gasteiger partial charge is 0.228 e. The van der Waals surface area contributed by atoms with Gasteiger partial charge in [-0.25, -0.2) is 14.5 Å². The number of carbonyl (C=O) groups excluding carboxylic acids is 1. The van der Waals surface area contributed by atoms with Crippen LogP contribution in [0.15, 0.2) is 64.7 Å². The molecule has 4 aromatic rings. The number of hydrogen-bond acceptors (Lipinski definition) is 7. The average molecular weight is 402 g/mol. The Labute approximate surface area is 171 Å². The molecule has 0 aliphatic carbocycles. The summed E-state index contributed by atoms with van der Waals surface area (Å²) in [6.45, 7) is 3.32. The van der Waals surface area contributed by atoms with Gasteiger partial charge in [0, 0.05) is 11.5 Å². The first kappa shape index (κ1) is 18.1. The van der Waals surface area contributed by atoms with Crippen molar-refractivity contribution >= 4 is 11.4 Å². The van der Waals surface area contributed by atoms with Gasteiger partial charge in [0.25, 0.3) is 0 Å². The fraction of sp³-hybridized carbons (Fsp3) is 0.182. The normalized spacial score (nSPS) is 15.8. The molecule has 150 valence electrons. The number of fused-ring (bicyclic) bond motifs is 3. The molecular weight excluding hydrogens is 384 g/mol. The molecule has 0 amide bonds. The number of nitrogens with zero attached hydrogens (tertiary/aromatic N) is 4. The fourth-order valence-corrected chi connectivity index (χ4v) is 3.83. The summed E-state index contributed by atoms with van der Waals surface area (Å²) in [6, 6.07) is 11.2. The monoisotopic (exact) mass is 402 g/mol. The van der Waals surface area contributed by atoms with Gasteiger partial charge in [-0.05, 0) is 43.7 Å². The number of hydrogen-bond donors (Lipinski definition) is 0. The van der Waals surface area contributed by atoms with Crippen LogP contribution in [0.4, 0.5) is 0 Å². The third-order valence-electron chi connectivity index (χ3n) is 5.16. The van der Waals surface area contributed by atoms with Crippen LogP contribution >= 0.6 is 0 Å². The van der Waals surface area contributed by atoms with Gasteiger partial charge >= 0.3 is 0 Å². The van der Waals surface area contributed by atoms with E-state index in [-0.39, 0.29) is 5.78 Å². The van der Waals surface area contributed by atoms with E-state index in [1.165, 1.54) is 6.92 Å². The molecule has 3 aromatic heterocycles. The molecule has 0 fully saturated rings. The molecule has 8 heteroatoms. The van der Waals surface area contributed by atoms with Crippen molar-refractivity contribution in [2.24, 2.45) is 0 Å². The maximum atomic E-state index is 12.6. The molecule has 0 radical (unpaired) electrons. The highest BCUT2D eigenvalue weighted by atomic mass is 16.5. The van der Waals surface area contributed by atoms with Crippen LogP contribution < -0.4 is 9.47 Å². The summed E-state index contributed by atoms with van der Waals surface area (Å²) in [4.78, 5) is 21.7. The number of rotatable bonds is 4. The Balaban J connectivity index is 1.77. The second-order valence-electron chi connectivity index (χ2n) is 6.98. The van der Waals surface area contributed by atoms with Gasteiger partial charge in [-0.3, -0.25) is 4.79 Å². The minimum Gasteiger partial charge on any atom is -0.497 e. The molecule has 1 aliphatic heterocycles. The summed E-state index contributed by atoms with van der Waals surface area (Å²) < 4.78 is 18.2. The zero-order valence-corrected chi connectivity index (χ0v) is 16.6. The zero-order valence-electron chi connectivity index (χ0n) is 16.6. The molecule has 5 rings (SSSR count). The number of allylic oxidation sites excluding steroid dienone is 2. The lowest BCUT2D eigenvalue weighted by Gasteiger charge is -2.28. The van der Waals surface area contributed by atoms with Crippen molar-refractivity contribution in [3.63, 3.8) is 0 Å². The second-order valence-corrected chi connectivity index (χ2v) is 6.98. The Morgan fingerprint density at radius 2 is 2.00 bits per heavy atom. The third-order valence-corrected chi connectivity index (χ3v) is 5.16. The summed E-state index contributed by atoms with van der Waals surface area (Å²) in [5.74, 6) is 2.16. The predicted octanol–water partition coefficient (Wildman–Crippen LogP) is 3.78. The topological polar surface area (TPSA) is 91.8 Å². The van der Waals surface area contributed by atoms with Crippen LogP contribution in [-0.4, -0.2) is 32.5 Å². The maximum absolute atomic E-state index is 12.6. The summed E-state index contributed by atoms with van der Waals surface area (Å²) in [5.41, 5.74) is 2.70. The van der Waals surface area contributed by atoms with E-state index in [0.29, 0.717) is 40.0 Å². The Kier molecular flexibility index (Phi) is 4.13. The summed E-state index contributed by atoms with van der Waals surface area (Å²) in [6.07, 6.45) is 3.11. The van der Waals surface area contributed by atoms with Gasteiger partial charge in [0.2, 0.25) is 11.7 Å². The highest BCUT2D eigenvalue weighted by Gasteiger charge is 2.36. The van der Waals surface area contributed by atoms with Gasteiger partial charge in [-0.1, -0.05) is 12.1 Å². The van der Waals surface area contributed by atoms with Crippen LogP contribution in [0, 0.1) is 0 Å². The molecular formula is C22H18N4O4. The van der Waals surface area contributed by atoms with Crippen molar-refractivity contribution in [3.8, 4) is 23.2 Å². The average Bonchev–Trinajstić information content (AvgIpc) is 3.42. The number of methoxy groups -OCH3 is 1. The highest BCUT2D eigenvalue weighted by Crippen LogP contribution is 2.44. The fourth-order valence-electron chi connectivity index (χ4n) is 3.83. The quantitative estimate of drug-likeness (QED) is 0.513. The Morgan fingerprint density at radius 1 is 1.20 bits per heavy atom. The lowest BCUT2D eigenvalue weighted by Crippen LogP contribution is -2.22. The van der Waals surface area contributed by atoms with E-state index in [1.54, 1.807) is 43.3 Å². The van der Waals surface area contributed by atoms with Crippen LogP contribution in [0.5, 0.6) is 11.6 Å². The lowest BCUT2D eigenvalue weighted by molar-refractivity contribution is -0.114. The molecule has 0 saturated heterocycles. The Morgan fingerprint density at radius 3 is 2.67 bits per heavy atom. The first-order valence-electron chi connectivity index (χ1n) is 9.39. The van der Waals surface area contributed by atoms with E-state index in [9.17, 15) is 4.79 Å². The van der Waals surface area contributed by atoms with Crippen LogP contribution in [0.25, 0.3) is 17.2 Å². The van der Waals surface area contributed by atoms with Gasteiger partial charge < -0.3 is 13.9 Å². The lowest BCUT2D eigenvalue weighted by atomic mass is 9.82. The maximum Gasteiger partial charge on any atom is 0.228 e. The standard InChI is InChI=1S/C22H18N4O4/c1-12(27)17-13(2)30-22-19(18(17)14-6-8-15(28-3)9-7-14)21-24-20(16-5-4-10-29-16)25-26(21)11-23-22/h4-11,18H,1-3H3/t18-/m0/s1. The van der Waals surface area contributed by atoms with Gasteiger partial charge in [-0.2, -0.15) is 0 Å². The van der Waals surface area contributed by atoms with Crippen molar-refractivity contribution < 1.29 is 18.7 Å². The molecule has 0 N–H and O–H groups in total. The number of Topliss-reactive ketones (excluding diaryl/α,β-unsaturated/α-hetero) is 1. The van der Waals surface area contributed by atoms with Crippen molar-refractivity contribution in [2.75, 3.05) is 7.11 Å². The van der Waals surface area contributed by atoms with Crippen molar-refractivity contribution in [3.05, 3.63) is 71.4 Å². The number of ether oxygens (including phenoxy) is 2. The van der Waals surface area contributed by atoms with Crippen LogP contribution in [-0.2, 0) is 4.79 Å². The summed E-state index contributed by atoms with van der Waals surface area (Å²) >= 11 is 0. The number of carbonyl (C=O) groups is 1. The first-order valence-corrected chi connectivity index (χ1v) is 9.39. The highest BCUT2D eigenvalue weighted by molar-refractivity contribution is 5.97. The van der Waals surface area contributed by atoms with Crippen molar-refractivity contribution in [1.82, 2.24) is 19.6 Å². The molecule has 1 aliphatic rings. The van der Waals surface area contributed by atoms with Crippen LogP contribution in [0.1, 0.15) is 30.9 Å². The molecule has 1 atom stereocenters. The summed E-state index contributed by atoms with van der Waals surface area (Å²) in [5, 5.41) is 4.48. The Bertz CT molecular complexity index is 1290. The Hall–Kier alpha value is -3.94. The summed E-state index contributed by atoms with van der Waals surface area (Å²) in [7, 11) is 1.61. The number of aromatic nitrogens is 4. The zero-order chi connectivity index (χ0) is 20.8. The molecule has 8 nitrogen and oxygen atoms in total. The van der Waals surface area contributed by atoms with E-state index < -0.39 is 5.92 Å². The minimum absolute atomic E-state index is 0.0771. The SMILES string of the molecule is COc1ccc([C@H]2C(C(C)=O)=C(C)Oc3ncn4nc(-c5ccco5)nc4c32)cc1. The molecule has 1 aromatic carbocycles. The molecule has 0 saturated carbocycles. The number of benzene rings is 1. The predicted molar refractivity (Wildman–Crippen MR) is 107 cm³/mol. The molecule has 30 heavy (non-hydrogen) atoms. The van der Waals surface area contributed by atoms with Crippen LogP contribution in [0.3, 0.4) is 0 Å². The van der Waals surface area contributed by atoms with E-state index in [2.05, 4.69) is 15.1 Å². The van der Waals surface area contributed by atoms with Crippen molar-refractivity contribution in [1.29, 1.82) is 0 Å². The number of ketones is 1. The molecule has 0 bridgehead atoms. The first-order chi connectivity index (χ1) is 14.6. The van der Waals surface area contributed by atoms with Gasteiger partial charge in [0.1, 0.15) is 17.8 Å². The number of furan rings is 1. The van der Waals surface area contributed by atoms with Gasteiger partial charge in [0.05, 0.1) is 18.9 Å².